The normalized spacial score (nSPS) is 30.3. The Hall–Kier alpha value is -1.49. The minimum absolute atomic E-state index is 0.166. The van der Waals surface area contributed by atoms with Crippen LogP contribution in [0.15, 0.2) is 12.3 Å². The minimum atomic E-state index is 0.166. The van der Waals surface area contributed by atoms with Crippen molar-refractivity contribution in [1.29, 1.82) is 0 Å². The Kier molecular flexibility index (Phi) is 6.24. The van der Waals surface area contributed by atoms with Gasteiger partial charge in [0, 0.05) is 55.7 Å². The van der Waals surface area contributed by atoms with Gasteiger partial charge in [-0.1, -0.05) is 13.8 Å². The standard InChI is InChI=1S/C24H38N4O/c1-16(2)22(29)13-18-5-7-19(8-6-18)24-25-12-11-23(26-24)28-20-9-10-21(28)15-27(14-20)17(3)4/h11-12,16-21H,5-10,13-15H2,1-4H3/t18-,19-,20?,21?. The second-order valence-corrected chi connectivity index (χ2v) is 10.2. The third-order valence-corrected chi connectivity index (χ3v) is 7.51. The molecule has 160 valence electrons. The van der Waals surface area contributed by atoms with Crippen LogP contribution in [0.2, 0.25) is 0 Å². The molecule has 0 spiro atoms. The van der Waals surface area contributed by atoms with Gasteiger partial charge >= 0.3 is 0 Å². The van der Waals surface area contributed by atoms with Crippen LogP contribution in [0.25, 0.3) is 0 Å². The summed E-state index contributed by atoms with van der Waals surface area (Å²) in [7, 11) is 0. The number of hydrogen-bond acceptors (Lipinski definition) is 5. The number of anilines is 1. The van der Waals surface area contributed by atoms with Crippen molar-refractivity contribution in [2.75, 3.05) is 18.0 Å². The Morgan fingerprint density at radius 2 is 1.69 bits per heavy atom. The number of nitrogens with zero attached hydrogens (tertiary/aromatic N) is 4. The smallest absolute Gasteiger partial charge is 0.135 e. The molecule has 3 fully saturated rings. The van der Waals surface area contributed by atoms with E-state index < -0.39 is 0 Å². The van der Waals surface area contributed by atoms with E-state index in [1.165, 1.54) is 12.8 Å². The van der Waals surface area contributed by atoms with E-state index in [2.05, 4.69) is 34.7 Å². The van der Waals surface area contributed by atoms with Gasteiger partial charge < -0.3 is 4.90 Å². The first-order chi connectivity index (χ1) is 13.9. The molecular formula is C24H38N4O. The molecule has 29 heavy (non-hydrogen) atoms. The van der Waals surface area contributed by atoms with Crippen LogP contribution in [0.5, 0.6) is 0 Å². The van der Waals surface area contributed by atoms with Gasteiger partial charge in [-0.15, -0.1) is 0 Å². The van der Waals surface area contributed by atoms with Crippen molar-refractivity contribution in [2.24, 2.45) is 11.8 Å². The summed E-state index contributed by atoms with van der Waals surface area (Å²) in [5, 5.41) is 0. The zero-order valence-electron chi connectivity index (χ0n) is 18.7. The van der Waals surface area contributed by atoms with E-state index in [1.807, 2.05) is 20.0 Å². The summed E-state index contributed by atoms with van der Waals surface area (Å²) < 4.78 is 0. The highest BCUT2D eigenvalue weighted by atomic mass is 16.1. The Morgan fingerprint density at radius 3 is 2.28 bits per heavy atom. The number of aromatic nitrogens is 2. The first kappa shape index (κ1) is 20.8. The van der Waals surface area contributed by atoms with Crippen LogP contribution in [0.3, 0.4) is 0 Å². The minimum Gasteiger partial charge on any atom is -0.348 e. The lowest BCUT2D eigenvalue weighted by molar-refractivity contribution is -0.123. The van der Waals surface area contributed by atoms with E-state index in [9.17, 15) is 4.79 Å². The largest absolute Gasteiger partial charge is 0.348 e. The number of Topliss-reactive ketones (excluding diaryl/α,β-unsaturated/α-hetero) is 1. The SMILES string of the molecule is CC(C)C(=O)C[C@H]1CC[C@H](c2nccc(N3C4CCC3CN(C(C)C)C4)n2)CC1. The predicted octanol–water partition coefficient (Wildman–Crippen LogP) is 4.43. The number of carbonyl (C=O) groups is 1. The van der Waals surface area contributed by atoms with Gasteiger partial charge in [-0.25, -0.2) is 9.97 Å². The predicted molar refractivity (Wildman–Crippen MR) is 117 cm³/mol. The third-order valence-electron chi connectivity index (χ3n) is 7.51. The van der Waals surface area contributed by atoms with Crippen molar-refractivity contribution in [3.63, 3.8) is 0 Å². The molecule has 2 bridgehead atoms. The Bertz CT molecular complexity index is 697. The fourth-order valence-electron chi connectivity index (χ4n) is 5.58. The molecule has 2 saturated heterocycles. The molecule has 0 radical (unpaired) electrons. The molecule has 3 heterocycles. The molecule has 0 aromatic carbocycles. The molecule has 1 saturated carbocycles. The number of piperazine rings is 1. The summed E-state index contributed by atoms with van der Waals surface area (Å²) in [5.74, 6) is 3.77. The Morgan fingerprint density at radius 1 is 1.03 bits per heavy atom. The van der Waals surface area contributed by atoms with E-state index in [4.69, 9.17) is 4.98 Å². The van der Waals surface area contributed by atoms with E-state index in [0.717, 1.165) is 56.8 Å². The maximum atomic E-state index is 12.1. The van der Waals surface area contributed by atoms with Gasteiger partial charge in [0.15, 0.2) is 0 Å². The fourth-order valence-corrected chi connectivity index (χ4v) is 5.58. The molecule has 0 amide bonds. The summed E-state index contributed by atoms with van der Waals surface area (Å²) in [6, 6.07) is 3.93. The summed E-state index contributed by atoms with van der Waals surface area (Å²) in [6.45, 7) is 11.0. The van der Waals surface area contributed by atoms with Gasteiger partial charge in [-0.2, -0.15) is 0 Å². The molecule has 2 aliphatic heterocycles. The van der Waals surface area contributed by atoms with Gasteiger partial charge in [-0.3, -0.25) is 9.69 Å². The molecule has 0 N–H and O–H groups in total. The highest BCUT2D eigenvalue weighted by Crippen LogP contribution is 2.38. The van der Waals surface area contributed by atoms with Gasteiger partial charge in [0.25, 0.3) is 0 Å². The van der Waals surface area contributed by atoms with Gasteiger partial charge in [0.2, 0.25) is 0 Å². The summed E-state index contributed by atoms with van der Waals surface area (Å²) >= 11 is 0. The molecule has 4 rings (SSSR count). The summed E-state index contributed by atoms with van der Waals surface area (Å²) in [6.07, 6.45) is 9.80. The average molecular weight is 399 g/mol. The van der Waals surface area contributed by atoms with Crippen LogP contribution in [-0.4, -0.2) is 51.9 Å². The van der Waals surface area contributed by atoms with E-state index in [-0.39, 0.29) is 5.92 Å². The third kappa shape index (κ3) is 4.50. The maximum Gasteiger partial charge on any atom is 0.135 e. The first-order valence-corrected chi connectivity index (χ1v) is 11.8. The monoisotopic (exact) mass is 398 g/mol. The maximum absolute atomic E-state index is 12.1. The molecule has 5 nitrogen and oxygen atoms in total. The lowest BCUT2D eigenvalue weighted by Gasteiger charge is -2.43. The van der Waals surface area contributed by atoms with Gasteiger partial charge in [0.1, 0.15) is 17.4 Å². The van der Waals surface area contributed by atoms with Crippen LogP contribution in [-0.2, 0) is 4.79 Å². The van der Waals surface area contributed by atoms with Crippen LogP contribution in [0.4, 0.5) is 5.82 Å². The van der Waals surface area contributed by atoms with Gasteiger partial charge in [0.05, 0.1) is 0 Å². The highest BCUT2D eigenvalue weighted by molar-refractivity contribution is 5.80. The van der Waals surface area contributed by atoms with E-state index in [1.54, 1.807) is 0 Å². The summed E-state index contributed by atoms with van der Waals surface area (Å²) in [4.78, 5) is 27.0. The Balaban J connectivity index is 1.40. The molecule has 1 aliphatic carbocycles. The van der Waals surface area contributed by atoms with Crippen molar-refractivity contribution in [1.82, 2.24) is 14.9 Å². The van der Waals surface area contributed by atoms with Crippen molar-refractivity contribution in [3.8, 4) is 0 Å². The van der Waals surface area contributed by atoms with Crippen molar-refractivity contribution in [3.05, 3.63) is 18.1 Å². The fraction of sp³-hybridized carbons (Fsp3) is 0.792. The van der Waals surface area contributed by atoms with Crippen molar-refractivity contribution < 1.29 is 4.79 Å². The molecule has 1 aromatic heterocycles. The number of ketones is 1. The lowest BCUT2D eigenvalue weighted by Crippen LogP contribution is -2.55. The van der Waals surface area contributed by atoms with Crippen LogP contribution in [0, 0.1) is 11.8 Å². The molecule has 3 aliphatic rings. The lowest BCUT2D eigenvalue weighted by atomic mass is 9.78. The Labute approximate surface area is 176 Å². The zero-order chi connectivity index (χ0) is 20.5. The number of fused-ring (bicyclic) bond motifs is 2. The molecule has 1 aromatic rings. The van der Waals surface area contributed by atoms with Crippen LogP contribution >= 0.6 is 0 Å². The molecule has 2 atom stereocenters. The average Bonchev–Trinajstić information content (AvgIpc) is 2.97. The quantitative estimate of drug-likeness (QED) is 0.710. The van der Waals surface area contributed by atoms with Gasteiger partial charge in [-0.05, 0) is 64.4 Å². The molecule has 2 unspecified atom stereocenters. The molecule has 5 heteroatoms. The van der Waals surface area contributed by atoms with Crippen molar-refractivity contribution >= 4 is 11.6 Å². The van der Waals surface area contributed by atoms with Crippen LogP contribution in [0.1, 0.15) is 84.4 Å². The zero-order valence-corrected chi connectivity index (χ0v) is 18.7. The number of hydrogen-bond donors (Lipinski definition) is 0. The first-order valence-electron chi connectivity index (χ1n) is 11.8. The van der Waals surface area contributed by atoms with Crippen LogP contribution < -0.4 is 4.90 Å². The van der Waals surface area contributed by atoms with E-state index in [0.29, 0.717) is 35.7 Å². The second kappa shape index (κ2) is 8.71. The molecular weight excluding hydrogens is 360 g/mol. The highest BCUT2D eigenvalue weighted by Gasteiger charge is 2.41. The van der Waals surface area contributed by atoms with Crippen molar-refractivity contribution in [2.45, 2.75) is 96.7 Å². The number of carbonyl (C=O) groups excluding carboxylic acids is 1. The topological polar surface area (TPSA) is 49.3 Å². The van der Waals surface area contributed by atoms with E-state index >= 15 is 0 Å². The second-order valence-electron chi connectivity index (χ2n) is 10.2. The number of likely N-dealkylation sites (tertiary alicyclic amines) is 1. The number of rotatable bonds is 6. The summed E-state index contributed by atoms with van der Waals surface area (Å²) in [5.41, 5.74) is 0.